The van der Waals surface area contributed by atoms with E-state index in [4.69, 9.17) is 0 Å². The number of hydrogen-bond donors (Lipinski definition) is 1. The summed E-state index contributed by atoms with van der Waals surface area (Å²) in [4.78, 5) is 3.91. The SMILES string of the molecule is Cc1cc([C@H](C)N[S+]([O-])C(C)(C)C)cnc1OCC(F)(F)F. The van der Waals surface area contributed by atoms with Crippen LogP contribution in [0.3, 0.4) is 0 Å². The van der Waals surface area contributed by atoms with Crippen molar-refractivity contribution in [2.75, 3.05) is 6.61 Å². The number of hydrogen-bond acceptors (Lipinski definition) is 4. The molecule has 0 amide bonds. The van der Waals surface area contributed by atoms with Crippen LogP contribution in [0.4, 0.5) is 13.2 Å². The Kier molecular flexibility index (Phi) is 6.11. The van der Waals surface area contributed by atoms with Gasteiger partial charge in [0, 0.05) is 23.1 Å². The molecular formula is C14H21F3N2O2S. The summed E-state index contributed by atoms with van der Waals surface area (Å²) in [6, 6.07) is 1.43. The molecule has 0 radical (unpaired) electrons. The van der Waals surface area contributed by atoms with Crippen molar-refractivity contribution in [3.05, 3.63) is 23.4 Å². The van der Waals surface area contributed by atoms with Crippen LogP contribution in [-0.2, 0) is 11.4 Å². The first kappa shape index (κ1) is 19.1. The average Bonchev–Trinajstić information content (AvgIpc) is 2.34. The summed E-state index contributed by atoms with van der Waals surface area (Å²) < 4.78 is 55.7. The number of aromatic nitrogens is 1. The predicted molar refractivity (Wildman–Crippen MR) is 80.0 cm³/mol. The molecule has 22 heavy (non-hydrogen) atoms. The molecule has 0 aliphatic carbocycles. The summed E-state index contributed by atoms with van der Waals surface area (Å²) in [7, 11) is 0. The number of nitrogens with zero attached hydrogens (tertiary/aromatic N) is 1. The van der Waals surface area contributed by atoms with Crippen LogP contribution in [0, 0.1) is 6.92 Å². The second-order valence-electron chi connectivity index (χ2n) is 6.02. The van der Waals surface area contributed by atoms with E-state index in [0.29, 0.717) is 5.56 Å². The molecule has 1 aromatic heterocycles. The number of pyridine rings is 1. The van der Waals surface area contributed by atoms with Crippen molar-refractivity contribution in [1.29, 1.82) is 0 Å². The van der Waals surface area contributed by atoms with Gasteiger partial charge in [0.15, 0.2) is 6.61 Å². The third kappa shape index (κ3) is 6.02. The van der Waals surface area contributed by atoms with Crippen LogP contribution in [0.25, 0.3) is 0 Å². The zero-order chi connectivity index (χ0) is 17.1. The molecule has 0 aliphatic rings. The summed E-state index contributed by atoms with van der Waals surface area (Å²) in [5.41, 5.74) is 1.23. The second-order valence-corrected chi connectivity index (χ2v) is 8.01. The van der Waals surface area contributed by atoms with E-state index in [-0.39, 0.29) is 11.9 Å². The van der Waals surface area contributed by atoms with Crippen LogP contribution in [0.2, 0.25) is 0 Å². The second kappa shape index (κ2) is 7.06. The quantitative estimate of drug-likeness (QED) is 0.836. The third-order valence-corrected chi connectivity index (χ3v) is 4.44. The molecule has 2 atom stereocenters. The Bertz CT molecular complexity index is 504. The molecule has 0 bridgehead atoms. The van der Waals surface area contributed by atoms with Crippen molar-refractivity contribution in [2.45, 2.75) is 51.6 Å². The minimum Gasteiger partial charge on any atom is -0.598 e. The van der Waals surface area contributed by atoms with Gasteiger partial charge in [0.25, 0.3) is 0 Å². The fraction of sp³-hybridized carbons (Fsp3) is 0.643. The normalized spacial score (nSPS) is 15.5. The Labute approximate surface area is 131 Å². The van der Waals surface area contributed by atoms with Gasteiger partial charge in [-0.3, -0.25) is 0 Å². The number of ether oxygens (including phenoxy) is 1. The smallest absolute Gasteiger partial charge is 0.422 e. The molecule has 0 spiro atoms. The molecule has 1 unspecified atom stereocenters. The van der Waals surface area contributed by atoms with E-state index >= 15 is 0 Å². The van der Waals surface area contributed by atoms with E-state index in [1.165, 1.54) is 6.20 Å². The molecule has 1 heterocycles. The van der Waals surface area contributed by atoms with Gasteiger partial charge in [-0.2, -0.15) is 13.2 Å². The lowest BCUT2D eigenvalue weighted by atomic mass is 10.1. The maximum Gasteiger partial charge on any atom is 0.422 e. The van der Waals surface area contributed by atoms with E-state index in [1.54, 1.807) is 13.0 Å². The van der Waals surface area contributed by atoms with Crippen molar-refractivity contribution >= 4 is 11.4 Å². The molecule has 126 valence electrons. The fourth-order valence-corrected chi connectivity index (χ4v) is 2.34. The van der Waals surface area contributed by atoms with Gasteiger partial charge in [-0.25, -0.2) is 4.98 Å². The molecule has 1 aromatic rings. The lowest BCUT2D eigenvalue weighted by molar-refractivity contribution is -0.154. The Hall–Kier alpha value is -0.990. The van der Waals surface area contributed by atoms with Crippen LogP contribution < -0.4 is 9.46 Å². The Morgan fingerprint density at radius 2 is 1.95 bits per heavy atom. The monoisotopic (exact) mass is 338 g/mol. The van der Waals surface area contributed by atoms with Crippen LogP contribution in [0.15, 0.2) is 12.3 Å². The van der Waals surface area contributed by atoms with Crippen LogP contribution in [0.1, 0.15) is 44.9 Å². The topological polar surface area (TPSA) is 57.2 Å². The molecule has 4 nitrogen and oxygen atoms in total. The zero-order valence-electron chi connectivity index (χ0n) is 13.2. The molecule has 0 fully saturated rings. The first-order valence-corrected chi connectivity index (χ1v) is 7.89. The molecule has 0 saturated heterocycles. The zero-order valence-corrected chi connectivity index (χ0v) is 14.1. The maximum absolute atomic E-state index is 12.1. The average molecular weight is 338 g/mol. The molecule has 8 heteroatoms. The van der Waals surface area contributed by atoms with Crippen molar-refractivity contribution in [3.63, 3.8) is 0 Å². The van der Waals surface area contributed by atoms with E-state index in [9.17, 15) is 17.7 Å². The van der Waals surface area contributed by atoms with Crippen molar-refractivity contribution < 1.29 is 22.5 Å². The summed E-state index contributed by atoms with van der Waals surface area (Å²) in [5, 5.41) is 0. The molecule has 0 saturated carbocycles. The minimum atomic E-state index is -4.40. The fourth-order valence-electron chi connectivity index (χ4n) is 1.53. The summed E-state index contributed by atoms with van der Waals surface area (Å²) >= 11 is -1.25. The lowest BCUT2D eigenvalue weighted by Gasteiger charge is -2.26. The van der Waals surface area contributed by atoms with Crippen molar-refractivity contribution in [2.24, 2.45) is 0 Å². The summed E-state index contributed by atoms with van der Waals surface area (Å²) in [5.74, 6) is -0.0507. The first-order valence-electron chi connectivity index (χ1n) is 6.74. The highest BCUT2D eigenvalue weighted by Gasteiger charge is 2.30. The summed E-state index contributed by atoms with van der Waals surface area (Å²) in [6.07, 6.45) is -2.97. The first-order chi connectivity index (χ1) is 9.90. The van der Waals surface area contributed by atoms with Gasteiger partial charge in [-0.1, -0.05) is 0 Å². The number of halogens is 3. The van der Waals surface area contributed by atoms with Gasteiger partial charge in [-0.15, -0.1) is 4.72 Å². The standard InChI is InChI=1S/C14H21F3N2O2S/c1-9-6-11(10(2)19-22(20)13(3,4)5)7-18-12(9)21-8-14(15,16)17/h6-7,10,19H,8H2,1-5H3/t10-,22?/m0/s1. The van der Waals surface area contributed by atoms with Gasteiger partial charge in [0.1, 0.15) is 4.75 Å². The largest absolute Gasteiger partial charge is 0.598 e. The summed E-state index contributed by atoms with van der Waals surface area (Å²) in [6.45, 7) is 7.61. The Morgan fingerprint density at radius 1 is 1.36 bits per heavy atom. The maximum atomic E-state index is 12.1. The van der Waals surface area contributed by atoms with Crippen molar-refractivity contribution in [3.8, 4) is 5.88 Å². The van der Waals surface area contributed by atoms with Crippen LogP contribution in [-0.4, -0.2) is 27.1 Å². The molecule has 0 aliphatic heterocycles. The van der Waals surface area contributed by atoms with E-state index < -0.39 is 28.9 Å². The highest BCUT2D eigenvalue weighted by atomic mass is 32.2. The van der Waals surface area contributed by atoms with Crippen LogP contribution >= 0.6 is 0 Å². The van der Waals surface area contributed by atoms with E-state index in [1.807, 2.05) is 27.7 Å². The number of nitrogens with one attached hydrogen (secondary N) is 1. The number of rotatable bonds is 5. The van der Waals surface area contributed by atoms with Crippen LogP contribution in [0.5, 0.6) is 5.88 Å². The molecule has 1 N–H and O–H groups in total. The van der Waals surface area contributed by atoms with Gasteiger partial charge in [0.05, 0.1) is 6.04 Å². The highest BCUT2D eigenvalue weighted by molar-refractivity contribution is 7.90. The highest BCUT2D eigenvalue weighted by Crippen LogP contribution is 2.24. The van der Waals surface area contributed by atoms with Crippen molar-refractivity contribution in [1.82, 2.24) is 9.71 Å². The predicted octanol–water partition coefficient (Wildman–Crippen LogP) is 3.44. The Balaban J connectivity index is 2.76. The van der Waals surface area contributed by atoms with Gasteiger partial charge in [-0.05, 0) is 46.2 Å². The number of aryl methyl sites for hydroxylation is 1. The Morgan fingerprint density at radius 3 is 2.41 bits per heavy atom. The van der Waals surface area contributed by atoms with E-state index in [0.717, 1.165) is 5.56 Å². The molecule has 1 rings (SSSR count). The molecular weight excluding hydrogens is 317 g/mol. The minimum absolute atomic E-state index is 0.0507. The van der Waals surface area contributed by atoms with Gasteiger partial charge in [0.2, 0.25) is 5.88 Å². The third-order valence-electron chi connectivity index (χ3n) is 2.76. The van der Waals surface area contributed by atoms with E-state index in [2.05, 4.69) is 14.4 Å². The molecule has 0 aromatic carbocycles. The lowest BCUT2D eigenvalue weighted by Crippen LogP contribution is -2.40. The van der Waals surface area contributed by atoms with Gasteiger partial charge < -0.3 is 9.29 Å². The van der Waals surface area contributed by atoms with Gasteiger partial charge >= 0.3 is 6.18 Å². The number of alkyl halides is 3.